The Morgan fingerprint density at radius 2 is 2.38 bits per heavy atom. The van der Waals surface area contributed by atoms with Crippen LogP contribution >= 0.6 is 11.8 Å². The molecule has 1 amide bonds. The summed E-state index contributed by atoms with van der Waals surface area (Å²) in [6, 6.07) is 0.0381. The number of amides is 1. The van der Waals surface area contributed by atoms with Crippen molar-refractivity contribution in [3.8, 4) is 0 Å². The maximum absolute atomic E-state index is 11.9. The van der Waals surface area contributed by atoms with Gasteiger partial charge in [-0.1, -0.05) is 13.3 Å². The van der Waals surface area contributed by atoms with Gasteiger partial charge in [-0.3, -0.25) is 4.79 Å². The van der Waals surface area contributed by atoms with Gasteiger partial charge in [0.15, 0.2) is 0 Å². The molecule has 0 radical (unpaired) electrons. The lowest BCUT2D eigenvalue weighted by Crippen LogP contribution is -2.49. The van der Waals surface area contributed by atoms with Gasteiger partial charge in [-0.05, 0) is 24.7 Å². The van der Waals surface area contributed by atoms with E-state index in [0.717, 1.165) is 24.6 Å². The van der Waals surface area contributed by atoms with Crippen LogP contribution in [-0.2, 0) is 4.79 Å². The Morgan fingerprint density at radius 3 is 2.94 bits per heavy atom. The van der Waals surface area contributed by atoms with Crippen LogP contribution in [-0.4, -0.2) is 36.5 Å². The van der Waals surface area contributed by atoms with Crippen LogP contribution in [0.3, 0.4) is 0 Å². The number of rotatable bonds is 5. The first-order valence-corrected chi connectivity index (χ1v) is 7.50. The van der Waals surface area contributed by atoms with E-state index in [9.17, 15) is 4.79 Å². The summed E-state index contributed by atoms with van der Waals surface area (Å²) in [5, 5.41) is 6.40. The molecule has 1 atom stereocenters. The number of hydrogen-bond donors (Lipinski definition) is 2. The summed E-state index contributed by atoms with van der Waals surface area (Å²) in [5.74, 6) is 2.26. The highest BCUT2D eigenvalue weighted by Crippen LogP contribution is 2.48. The summed E-state index contributed by atoms with van der Waals surface area (Å²) in [5.41, 5.74) is 0.465. The van der Waals surface area contributed by atoms with Crippen molar-refractivity contribution in [2.75, 3.05) is 24.6 Å². The zero-order chi connectivity index (χ0) is 11.4. The fourth-order valence-electron chi connectivity index (χ4n) is 2.35. The lowest BCUT2D eigenvalue weighted by Gasteiger charge is -2.23. The summed E-state index contributed by atoms with van der Waals surface area (Å²) in [4.78, 5) is 11.9. The second kappa shape index (κ2) is 5.41. The summed E-state index contributed by atoms with van der Waals surface area (Å²) in [7, 11) is 0. The molecule has 0 bridgehead atoms. The Kier molecular flexibility index (Phi) is 4.14. The van der Waals surface area contributed by atoms with Gasteiger partial charge in [0, 0.05) is 24.6 Å². The van der Waals surface area contributed by atoms with Gasteiger partial charge in [0.05, 0.1) is 6.04 Å². The first-order chi connectivity index (χ1) is 7.76. The molecule has 1 saturated carbocycles. The van der Waals surface area contributed by atoms with E-state index in [1.165, 1.54) is 25.7 Å². The number of carbonyl (C=O) groups is 1. The topological polar surface area (TPSA) is 41.1 Å². The van der Waals surface area contributed by atoms with Crippen LogP contribution in [0.5, 0.6) is 0 Å². The van der Waals surface area contributed by atoms with Crippen LogP contribution in [0.15, 0.2) is 0 Å². The van der Waals surface area contributed by atoms with Crippen molar-refractivity contribution in [2.45, 2.75) is 38.6 Å². The van der Waals surface area contributed by atoms with Crippen LogP contribution in [0.2, 0.25) is 0 Å². The van der Waals surface area contributed by atoms with E-state index in [4.69, 9.17) is 0 Å². The van der Waals surface area contributed by atoms with E-state index < -0.39 is 0 Å². The summed E-state index contributed by atoms with van der Waals surface area (Å²) < 4.78 is 0. The largest absolute Gasteiger partial charge is 0.354 e. The number of carbonyl (C=O) groups excluding carboxylic acids is 1. The second-order valence-electron chi connectivity index (χ2n) is 5.05. The maximum Gasteiger partial charge on any atom is 0.238 e. The number of hydrogen-bond acceptors (Lipinski definition) is 3. The highest BCUT2D eigenvalue weighted by molar-refractivity contribution is 7.99. The van der Waals surface area contributed by atoms with Crippen LogP contribution in [0, 0.1) is 5.41 Å². The Hall–Kier alpha value is -0.220. The van der Waals surface area contributed by atoms with E-state index in [1.54, 1.807) is 0 Å². The molecule has 16 heavy (non-hydrogen) atoms. The van der Waals surface area contributed by atoms with Gasteiger partial charge in [0.2, 0.25) is 5.91 Å². The third-order valence-corrected chi connectivity index (χ3v) is 4.68. The summed E-state index contributed by atoms with van der Waals surface area (Å²) >= 11 is 1.87. The molecular formula is C12H22N2OS. The molecule has 2 aliphatic rings. The van der Waals surface area contributed by atoms with Crippen molar-refractivity contribution in [1.29, 1.82) is 0 Å². The van der Waals surface area contributed by atoms with Crippen molar-refractivity contribution in [2.24, 2.45) is 5.41 Å². The van der Waals surface area contributed by atoms with Crippen LogP contribution in [0.1, 0.15) is 32.6 Å². The Labute approximate surface area is 102 Å². The zero-order valence-electron chi connectivity index (χ0n) is 10.1. The molecular weight excluding hydrogens is 220 g/mol. The van der Waals surface area contributed by atoms with Crippen molar-refractivity contribution >= 4 is 17.7 Å². The molecule has 2 N–H and O–H groups in total. The predicted molar refractivity (Wildman–Crippen MR) is 68.7 cm³/mol. The van der Waals surface area contributed by atoms with Gasteiger partial charge >= 0.3 is 0 Å². The van der Waals surface area contributed by atoms with Gasteiger partial charge in [-0.2, -0.15) is 11.8 Å². The third-order valence-electron chi connectivity index (χ3n) is 3.61. The van der Waals surface area contributed by atoms with E-state index in [0.29, 0.717) is 5.41 Å². The molecule has 0 aromatic carbocycles. The smallest absolute Gasteiger partial charge is 0.238 e. The lowest BCUT2D eigenvalue weighted by atomic mass is 10.0. The third kappa shape index (κ3) is 3.14. The quantitative estimate of drug-likeness (QED) is 0.765. The first kappa shape index (κ1) is 12.2. The van der Waals surface area contributed by atoms with Gasteiger partial charge in [-0.15, -0.1) is 0 Å². The average Bonchev–Trinajstić information content (AvgIpc) is 3.08. The Balaban J connectivity index is 1.70. The monoisotopic (exact) mass is 242 g/mol. The molecule has 0 aromatic rings. The first-order valence-electron chi connectivity index (χ1n) is 6.35. The zero-order valence-corrected chi connectivity index (χ0v) is 10.9. The maximum atomic E-state index is 11.9. The highest BCUT2D eigenvalue weighted by Gasteiger charge is 2.41. The van der Waals surface area contributed by atoms with Gasteiger partial charge in [0.1, 0.15) is 0 Å². The molecule has 92 valence electrons. The fourth-order valence-corrected chi connectivity index (χ4v) is 3.29. The van der Waals surface area contributed by atoms with Crippen LogP contribution in [0.4, 0.5) is 0 Å². The van der Waals surface area contributed by atoms with Crippen LogP contribution in [0.25, 0.3) is 0 Å². The minimum atomic E-state index is 0.0381. The molecule has 4 heteroatoms. The molecule has 2 rings (SSSR count). The molecule has 1 unspecified atom stereocenters. The van der Waals surface area contributed by atoms with E-state index in [1.807, 2.05) is 11.8 Å². The summed E-state index contributed by atoms with van der Waals surface area (Å²) in [6.07, 6.45) is 5.09. The van der Waals surface area contributed by atoms with Crippen molar-refractivity contribution in [3.63, 3.8) is 0 Å². The molecule has 1 heterocycles. The molecule has 0 spiro atoms. The van der Waals surface area contributed by atoms with E-state index in [2.05, 4.69) is 17.6 Å². The molecule has 3 nitrogen and oxygen atoms in total. The highest BCUT2D eigenvalue weighted by atomic mass is 32.2. The normalized spacial score (nSPS) is 27.4. The summed E-state index contributed by atoms with van der Waals surface area (Å²) in [6.45, 7) is 4.08. The second-order valence-corrected chi connectivity index (χ2v) is 6.20. The van der Waals surface area contributed by atoms with Crippen molar-refractivity contribution < 1.29 is 4.79 Å². The van der Waals surface area contributed by atoms with E-state index in [-0.39, 0.29) is 11.9 Å². The van der Waals surface area contributed by atoms with Gasteiger partial charge in [0.25, 0.3) is 0 Å². The minimum Gasteiger partial charge on any atom is -0.354 e. The van der Waals surface area contributed by atoms with Gasteiger partial charge in [-0.25, -0.2) is 0 Å². The predicted octanol–water partition coefficient (Wildman–Crippen LogP) is 1.39. The standard InChI is InChI=1S/C12H22N2OS/c1-2-3-12(4-5-12)9-14-11(15)10-8-16-7-6-13-10/h10,13H,2-9H2,1H3,(H,14,15). The van der Waals surface area contributed by atoms with Gasteiger partial charge < -0.3 is 10.6 Å². The molecule has 1 saturated heterocycles. The molecule has 0 aromatic heterocycles. The molecule has 1 aliphatic heterocycles. The van der Waals surface area contributed by atoms with E-state index >= 15 is 0 Å². The molecule has 1 aliphatic carbocycles. The van der Waals surface area contributed by atoms with Crippen molar-refractivity contribution in [1.82, 2.24) is 10.6 Å². The fraction of sp³-hybridized carbons (Fsp3) is 0.917. The van der Waals surface area contributed by atoms with Crippen LogP contribution < -0.4 is 10.6 Å². The average molecular weight is 242 g/mol. The lowest BCUT2D eigenvalue weighted by molar-refractivity contribution is -0.122. The Morgan fingerprint density at radius 1 is 1.56 bits per heavy atom. The number of nitrogens with one attached hydrogen (secondary N) is 2. The van der Waals surface area contributed by atoms with Crippen molar-refractivity contribution in [3.05, 3.63) is 0 Å². The SMILES string of the molecule is CCCC1(CNC(=O)C2CSCCN2)CC1. The Bertz CT molecular complexity index is 247. The minimum absolute atomic E-state index is 0.0381. The molecule has 2 fully saturated rings. The number of thioether (sulfide) groups is 1.